The van der Waals surface area contributed by atoms with Crippen LogP contribution < -0.4 is 20.7 Å². The fourth-order valence-corrected chi connectivity index (χ4v) is 4.83. The van der Waals surface area contributed by atoms with E-state index in [1.165, 1.54) is 0 Å². The van der Waals surface area contributed by atoms with Crippen LogP contribution >= 0.6 is 0 Å². The first kappa shape index (κ1) is 29.2. The minimum atomic E-state index is -0.982. The summed E-state index contributed by atoms with van der Waals surface area (Å²) in [5, 5.41) is 8.45. The molecule has 4 rings (SSSR count). The van der Waals surface area contributed by atoms with Gasteiger partial charge in [0.1, 0.15) is 23.9 Å². The fraction of sp³-hybridized carbons (Fsp3) is 0.467. The molecule has 2 aliphatic rings. The van der Waals surface area contributed by atoms with Crippen molar-refractivity contribution in [1.82, 2.24) is 20.9 Å². The minimum absolute atomic E-state index is 0.173. The summed E-state index contributed by atoms with van der Waals surface area (Å²) >= 11 is 0. The Morgan fingerprint density at radius 2 is 1.55 bits per heavy atom. The van der Waals surface area contributed by atoms with Crippen LogP contribution in [0.25, 0.3) is 0 Å². The molecule has 0 saturated carbocycles. The van der Waals surface area contributed by atoms with E-state index in [-0.39, 0.29) is 24.0 Å². The Balaban J connectivity index is 1.47. The van der Waals surface area contributed by atoms with E-state index in [4.69, 9.17) is 9.47 Å². The van der Waals surface area contributed by atoms with Crippen LogP contribution in [0.15, 0.2) is 54.6 Å². The van der Waals surface area contributed by atoms with E-state index in [9.17, 15) is 19.2 Å². The highest BCUT2D eigenvalue weighted by Crippen LogP contribution is 2.17. The van der Waals surface area contributed by atoms with Crippen LogP contribution in [0.2, 0.25) is 0 Å². The molecule has 2 aromatic rings. The fourth-order valence-electron chi connectivity index (χ4n) is 4.83. The number of likely N-dealkylation sites (tertiary alicyclic amines) is 1. The zero-order valence-electron chi connectivity index (χ0n) is 23.2. The Morgan fingerprint density at radius 1 is 0.925 bits per heavy atom. The summed E-state index contributed by atoms with van der Waals surface area (Å²) in [5.41, 5.74) is 1.69. The number of carbonyl (C=O) groups excluding carboxylic acids is 4. The zero-order chi connectivity index (χ0) is 28.6. The molecule has 40 heavy (non-hydrogen) atoms. The molecule has 0 bridgehead atoms. The largest absolute Gasteiger partial charge is 0.497 e. The number of hydrogen-bond acceptors (Lipinski definition) is 7. The van der Waals surface area contributed by atoms with Gasteiger partial charge in [-0.25, -0.2) is 0 Å². The van der Waals surface area contributed by atoms with Gasteiger partial charge in [0.15, 0.2) is 5.78 Å². The molecular weight excluding hydrogens is 512 g/mol. The number of amides is 3. The number of ether oxygens (including phenoxy) is 2. The van der Waals surface area contributed by atoms with Crippen molar-refractivity contribution in [3.05, 3.63) is 65.7 Å². The van der Waals surface area contributed by atoms with Crippen molar-refractivity contribution in [2.45, 2.75) is 50.4 Å². The topological polar surface area (TPSA) is 129 Å². The summed E-state index contributed by atoms with van der Waals surface area (Å²) in [6, 6.07) is 14.0. The highest BCUT2D eigenvalue weighted by atomic mass is 16.6. The predicted molar refractivity (Wildman–Crippen MR) is 149 cm³/mol. The van der Waals surface area contributed by atoms with Gasteiger partial charge in [0.25, 0.3) is 0 Å². The van der Waals surface area contributed by atoms with E-state index in [0.717, 1.165) is 24.1 Å². The van der Waals surface area contributed by atoms with Crippen molar-refractivity contribution in [1.29, 1.82) is 0 Å². The number of carbonyl (C=O) groups is 4. The van der Waals surface area contributed by atoms with E-state index >= 15 is 0 Å². The van der Waals surface area contributed by atoms with Gasteiger partial charge in [-0.3, -0.25) is 19.2 Å². The molecule has 2 saturated heterocycles. The first-order valence-corrected chi connectivity index (χ1v) is 13.7. The third-order valence-corrected chi connectivity index (χ3v) is 7.34. The van der Waals surface area contributed by atoms with Gasteiger partial charge in [0.05, 0.1) is 25.7 Å². The van der Waals surface area contributed by atoms with E-state index in [2.05, 4.69) is 20.9 Å². The molecule has 10 nitrogen and oxygen atoms in total. The van der Waals surface area contributed by atoms with E-state index < -0.39 is 36.0 Å². The average molecular weight is 551 g/mol. The maximum absolute atomic E-state index is 13.6. The van der Waals surface area contributed by atoms with Gasteiger partial charge < -0.3 is 30.3 Å². The van der Waals surface area contributed by atoms with Crippen LogP contribution in [0.3, 0.4) is 0 Å². The summed E-state index contributed by atoms with van der Waals surface area (Å²) in [6.45, 7) is 3.40. The Labute approximate surface area is 234 Å². The highest BCUT2D eigenvalue weighted by Gasteiger charge is 2.38. The summed E-state index contributed by atoms with van der Waals surface area (Å²) in [5.74, 6) is -0.858. The van der Waals surface area contributed by atoms with E-state index in [1.807, 2.05) is 49.5 Å². The second-order valence-corrected chi connectivity index (χ2v) is 10.6. The van der Waals surface area contributed by atoms with Crippen molar-refractivity contribution in [2.24, 2.45) is 5.92 Å². The van der Waals surface area contributed by atoms with Crippen molar-refractivity contribution >= 4 is 23.5 Å². The molecule has 0 aromatic heterocycles. The third-order valence-electron chi connectivity index (χ3n) is 7.34. The molecule has 2 fully saturated rings. The van der Waals surface area contributed by atoms with Gasteiger partial charge >= 0.3 is 0 Å². The van der Waals surface area contributed by atoms with Gasteiger partial charge in [0.2, 0.25) is 17.7 Å². The Kier molecular flexibility index (Phi) is 9.89. The monoisotopic (exact) mass is 550 g/mol. The van der Waals surface area contributed by atoms with Crippen LogP contribution in [0.5, 0.6) is 5.75 Å². The molecule has 0 unspecified atom stereocenters. The van der Waals surface area contributed by atoms with Gasteiger partial charge in [-0.2, -0.15) is 0 Å². The second kappa shape index (κ2) is 13.5. The lowest BCUT2D eigenvalue weighted by Crippen LogP contribution is -2.56. The molecule has 2 aliphatic heterocycles. The van der Waals surface area contributed by atoms with Crippen LogP contribution in [-0.2, 0) is 36.8 Å². The van der Waals surface area contributed by atoms with E-state index in [1.54, 1.807) is 26.2 Å². The second-order valence-electron chi connectivity index (χ2n) is 10.6. The van der Waals surface area contributed by atoms with Crippen molar-refractivity contribution in [3.8, 4) is 5.75 Å². The maximum atomic E-state index is 13.6. The lowest BCUT2D eigenvalue weighted by atomic mass is 9.99. The molecule has 0 radical (unpaired) electrons. The number of hydrogen-bond donors (Lipinski definition) is 3. The highest BCUT2D eigenvalue weighted by molar-refractivity contribution is 5.96. The third kappa shape index (κ3) is 8.12. The van der Waals surface area contributed by atoms with Crippen LogP contribution in [-0.4, -0.2) is 86.5 Å². The van der Waals surface area contributed by atoms with Crippen LogP contribution in [0.4, 0.5) is 0 Å². The summed E-state index contributed by atoms with van der Waals surface area (Å²) < 4.78 is 10.4. The molecule has 2 aromatic carbocycles. The van der Waals surface area contributed by atoms with E-state index in [0.29, 0.717) is 25.3 Å². The maximum Gasteiger partial charge on any atom is 0.243 e. The molecule has 214 valence electrons. The Bertz CT molecular complexity index is 1180. The van der Waals surface area contributed by atoms with Crippen LogP contribution in [0, 0.1) is 5.92 Å². The van der Waals surface area contributed by atoms with Crippen molar-refractivity contribution in [2.75, 3.05) is 33.9 Å². The zero-order valence-corrected chi connectivity index (χ0v) is 23.2. The van der Waals surface area contributed by atoms with Crippen molar-refractivity contribution < 1.29 is 28.7 Å². The van der Waals surface area contributed by atoms with Crippen LogP contribution in [0.1, 0.15) is 24.5 Å². The molecule has 10 heteroatoms. The standard InChI is InChI=1S/C30H38N4O6/c1-19(31-29(37)22-13-14-34(2)17-22)28(36)33-25(16-21-9-11-23(39-3)12-10-21)30(38)32-24(27(35)26-18-40-26)15-20-7-5-4-6-8-20/h4-12,19,22,24-26H,13-18H2,1-3H3,(H,31,37)(H,32,38)(H,33,36)/t19-,22+,24-,25-,26+/m0/s1. The van der Waals surface area contributed by atoms with Gasteiger partial charge in [0, 0.05) is 13.0 Å². The summed E-state index contributed by atoms with van der Waals surface area (Å²) in [6.07, 6.45) is 0.688. The Hall–Kier alpha value is -3.76. The lowest BCUT2D eigenvalue weighted by molar-refractivity contribution is -0.133. The molecule has 0 aliphatic carbocycles. The molecular formula is C30H38N4O6. The number of nitrogens with one attached hydrogen (secondary N) is 3. The number of nitrogens with zero attached hydrogens (tertiary/aromatic N) is 1. The number of ketones is 1. The Morgan fingerprint density at radius 3 is 2.15 bits per heavy atom. The minimum Gasteiger partial charge on any atom is -0.497 e. The van der Waals surface area contributed by atoms with Crippen molar-refractivity contribution in [3.63, 3.8) is 0 Å². The number of rotatable bonds is 13. The van der Waals surface area contributed by atoms with Gasteiger partial charge in [-0.1, -0.05) is 42.5 Å². The van der Waals surface area contributed by atoms with Gasteiger partial charge in [-0.15, -0.1) is 0 Å². The van der Waals surface area contributed by atoms with Gasteiger partial charge in [-0.05, 0) is 56.6 Å². The predicted octanol–water partition coefficient (Wildman–Crippen LogP) is 0.874. The number of methoxy groups -OCH3 is 1. The first-order valence-electron chi connectivity index (χ1n) is 13.7. The lowest BCUT2D eigenvalue weighted by Gasteiger charge is -2.25. The summed E-state index contributed by atoms with van der Waals surface area (Å²) in [7, 11) is 3.52. The average Bonchev–Trinajstić information content (AvgIpc) is 3.72. The summed E-state index contributed by atoms with van der Waals surface area (Å²) in [4.78, 5) is 54.5. The molecule has 3 amide bonds. The smallest absolute Gasteiger partial charge is 0.243 e. The quantitative estimate of drug-likeness (QED) is 0.316. The molecule has 3 N–H and O–H groups in total. The number of benzene rings is 2. The number of Topliss-reactive ketones (excluding diaryl/α,β-unsaturated/α-hetero) is 1. The molecule has 5 atom stereocenters. The molecule has 0 spiro atoms. The normalized spacial score (nSPS) is 20.6. The first-order chi connectivity index (χ1) is 19.2. The molecule has 2 heterocycles. The SMILES string of the molecule is COc1ccc(C[C@H](NC(=O)[C@H](C)NC(=O)[C@@H]2CCN(C)C2)C(=O)N[C@@H](Cc2ccccc2)C(=O)[C@H]2CO2)cc1. The number of epoxide rings is 1.